The first-order chi connectivity index (χ1) is 10.1. The monoisotopic (exact) mass is 366 g/mol. The Bertz CT molecular complexity index is 641. The fourth-order valence-electron chi connectivity index (χ4n) is 2.39. The Kier molecular flexibility index (Phi) is 4.37. The summed E-state index contributed by atoms with van der Waals surface area (Å²) < 4.78 is 0.535. The van der Waals surface area contributed by atoms with E-state index in [0.717, 1.165) is 18.7 Å². The molecule has 0 atom stereocenters. The van der Waals surface area contributed by atoms with Crippen molar-refractivity contribution < 1.29 is 4.92 Å². The summed E-state index contributed by atoms with van der Waals surface area (Å²) in [6, 6.07) is 10.2. The minimum Gasteiger partial charge on any atom is -0.291 e. The zero-order valence-electron chi connectivity index (χ0n) is 11.4. The minimum atomic E-state index is -0.339. The van der Waals surface area contributed by atoms with Crippen molar-refractivity contribution in [2.75, 3.05) is 0 Å². The number of hydrogen-bond acceptors (Lipinski definition) is 4. The topological polar surface area (TPSA) is 46.4 Å². The molecule has 6 heteroatoms. The molecule has 21 heavy (non-hydrogen) atoms. The van der Waals surface area contributed by atoms with Gasteiger partial charge in [0, 0.05) is 30.1 Å². The second kappa shape index (κ2) is 6.25. The molecule has 0 saturated heterocycles. The lowest BCUT2D eigenvalue weighted by atomic mass is 10.2. The van der Waals surface area contributed by atoms with Crippen molar-refractivity contribution in [1.82, 2.24) is 4.90 Å². The SMILES string of the molecule is O=[N+]([O-])c1cc(CN(Cc2cccs2)C2CC2)ccc1Br. The van der Waals surface area contributed by atoms with Gasteiger partial charge in [0.2, 0.25) is 0 Å². The summed E-state index contributed by atoms with van der Waals surface area (Å²) in [6.07, 6.45) is 2.45. The van der Waals surface area contributed by atoms with Gasteiger partial charge in [0.05, 0.1) is 9.40 Å². The Morgan fingerprint density at radius 2 is 2.14 bits per heavy atom. The molecule has 1 heterocycles. The summed E-state index contributed by atoms with van der Waals surface area (Å²) in [5.74, 6) is 0. The van der Waals surface area contributed by atoms with Crippen LogP contribution in [0.25, 0.3) is 0 Å². The minimum absolute atomic E-state index is 0.138. The van der Waals surface area contributed by atoms with Gasteiger partial charge in [-0.25, -0.2) is 0 Å². The highest BCUT2D eigenvalue weighted by Gasteiger charge is 2.29. The molecule has 1 fully saturated rings. The number of hydrogen-bond donors (Lipinski definition) is 0. The summed E-state index contributed by atoms with van der Waals surface area (Å²) in [5.41, 5.74) is 1.13. The van der Waals surface area contributed by atoms with Gasteiger partial charge in [-0.3, -0.25) is 15.0 Å². The summed E-state index contributed by atoms with van der Waals surface area (Å²) in [4.78, 5) is 14.4. The second-order valence-corrected chi connectivity index (χ2v) is 7.14. The first-order valence-electron chi connectivity index (χ1n) is 6.83. The van der Waals surface area contributed by atoms with Crippen LogP contribution in [-0.4, -0.2) is 15.9 Å². The normalized spacial score (nSPS) is 14.6. The van der Waals surface area contributed by atoms with Crippen molar-refractivity contribution >= 4 is 33.0 Å². The zero-order chi connectivity index (χ0) is 14.8. The van der Waals surface area contributed by atoms with Crippen molar-refractivity contribution in [3.05, 3.63) is 60.7 Å². The average Bonchev–Trinajstić information content (AvgIpc) is 3.18. The van der Waals surface area contributed by atoms with Crippen molar-refractivity contribution in [3.8, 4) is 0 Å². The average molecular weight is 367 g/mol. The zero-order valence-corrected chi connectivity index (χ0v) is 13.8. The van der Waals surface area contributed by atoms with Crippen molar-refractivity contribution in [2.45, 2.75) is 32.0 Å². The fourth-order valence-corrected chi connectivity index (χ4v) is 3.51. The van der Waals surface area contributed by atoms with Gasteiger partial charge in [0.1, 0.15) is 0 Å². The Morgan fingerprint density at radius 1 is 1.33 bits per heavy atom. The lowest BCUT2D eigenvalue weighted by molar-refractivity contribution is -0.385. The maximum Gasteiger partial charge on any atom is 0.283 e. The van der Waals surface area contributed by atoms with Crippen molar-refractivity contribution in [1.29, 1.82) is 0 Å². The van der Waals surface area contributed by atoms with Crippen LogP contribution in [0.4, 0.5) is 5.69 Å². The fraction of sp³-hybridized carbons (Fsp3) is 0.333. The Morgan fingerprint density at radius 3 is 2.76 bits per heavy atom. The smallest absolute Gasteiger partial charge is 0.283 e. The molecule has 0 N–H and O–H groups in total. The lowest BCUT2D eigenvalue weighted by Crippen LogP contribution is -2.24. The van der Waals surface area contributed by atoms with E-state index in [2.05, 4.69) is 38.3 Å². The van der Waals surface area contributed by atoms with Crippen LogP contribution in [-0.2, 0) is 13.1 Å². The second-order valence-electron chi connectivity index (χ2n) is 5.26. The molecule has 0 unspecified atom stereocenters. The van der Waals surface area contributed by atoms with Crippen LogP contribution < -0.4 is 0 Å². The van der Waals surface area contributed by atoms with E-state index in [-0.39, 0.29) is 10.6 Å². The van der Waals surface area contributed by atoms with Gasteiger partial charge >= 0.3 is 0 Å². The predicted octanol–water partition coefficient (Wildman–Crippen LogP) is 4.58. The van der Waals surface area contributed by atoms with Gasteiger partial charge in [0.25, 0.3) is 5.69 Å². The maximum atomic E-state index is 11.0. The third-order valence-electron chi connectivity index (χ3n) is 3.60. The third kappa shape index (κ3) is 3.70. The van der Waals surface area contributed by atoms with E-state index in [4.69, 9.17) is 0 Å². The first kappa shape index (κ1) is 14.7. The van der Waals surface area contributed by atoms with Gasteiger partial charge in [0.15, 0.2) is 0 Å². The predicted molar refractivity (Wildman–Crippen MR) is 87.4 cm³/mol. The van der Waals surface area contributed by atoms with Crippen LogP contribution in [0.15, 0.2) is 40.2 Å². The van der Waals surface area contributed by atoms with Crippen molar-refractivity contribution in [3.63, 3.8) is 0 Å². The summed E-state index contributed by atoms with van der Waals surface area (Å²) >= 11 is 4.99. The number of thiophene rings is 1. The summed E-state index contributed by atoms with van der Waals surface area (Å²) in [6.45, 7) is 1.68. The molecule has 4 nitrogen and oxygen atoms in total. The van der Waals surface area contributed by atoms with Crippen LogP contribution in [0.2, 0.25) is 0 Å². The molecule has 0 amide bonds. The Hall–Kier alpha value is -1.24. The third-order valence-corrected chi connectivity index (χ3v) is 5.13. The summed E-state index contributed by atoms with van der Waals surface area (Å²) in [5, 5.41) is 13.1. The molecular formula is C15H15BrN2O2S. The lowest BCUT2D eigenvalue weighted by Gasteiger charge is -2.21. The molecular weight excluding hydrogens is 352 g/mol. The van der Waals surface area contributed by atoms with E-state index in [1.165, 1.54) is 17.7 Å². The molecule has 1 aromatic heterocycles. The highest BCUT2D eigenvalue weighted by Crippen LogP contribution is 2.32. The highest BCUT2D eigenvalue weighted by atomic mass is 79.9. The number of nitro benzene ring substituents is 1. The quantitative estimate of drug-likeness (QED) is 0.555. The molecule has 0 aliphatic heterocycles. The van der Waals surface area contributed by atoms with Crippen LogP contribution in [0, 0.1) is 10.1 Å². The van der Waals surface area contributed by atoms with Gasteiger partial charge in [-0.1, -0.05) is 12.1 Å². The summed E-state index contributed by atoms with van der Waals surface area (Å²) in [7, 11) is 0. The van der Waals surface area contributed by atoms with Gasteiger partial charge in [-0.05, 0) is 51.8 Å². The van der Waals surface area contributed by atoms with E-state index in [0.29, 0.717) is 10.5 Å². The van der Waals surface area contributed by atoms with Gasteiger partial charge in [-0.15, -0.1) is 11.3 Å². The highest BCUT2D eigenvalue weighted by molar-refractivity contribution is 9.10. The van der Waals surface area contributed by atoms with Crippen LogP contribution >= 0.6 is 27.3 Å². The van der Waals surface area contributed by atoms with Crippen molar-refractivity contribution in [2.24, 2.45) is 0 Å². The number of benzene rings is 1. The Labute approximate surface area is 135 Å². The maximum absolute atomic E-state index is 11.0. The van der Waals surface area contributed by atoms with E-state index >= 15 is 0 Å². The molecule has 0 spiro atoms. The van der Waals surface area contributed by atoms with Gasteiger partial charge in [-0.2, -0.15) is 0 Å². The molecule has 1 saturated carbocycles. The van der Waals surface area contributed by atoms with E-state index in [9.17, 15) is 10.1 Å². The van der Waals surface area contributed by atoms with E-state index < -0.39 is 0 Å². The van der Waals surface area contributed by atoms with E-state index in [1.54, 1.807) is 23.5 Å². The number of halogens is 1. The number of nitro groups is 1. The van der Waals surface area contributed by atoms with E-state index in [1.807, 2.05) is 6.07 Å². The molecule has 1 aliphatic carbocycles. The molecule has 0 bridgehead atoms. The molecule has 0 radical (unpaired) electrons. The van der Waals surface area contributed by atoms with Gasteiger partial charge < -0.3 is 0 Å². The van der Waals surface area contributed by atoms with Crippen LogP contribution in [0.1, 0.15) is 23.3 Å². The van der Waals surface area contributed by atoms with Crippen LogP contribution in [0.5, 0.6) is 0 Å². The number of rotatable bonds is 6. The largest absolute Gasteiger partial charge is 0.291 e. The van der Waals surface area contributed by atoms with Crippen LogP contribution in [0.3, 0.4) is 0 Å². The molecule has 110 valence electrons. The Balaban J connectivity index is 1.76. The first-order valence-corrected chi connectivity index (χ1v) is 8.50. The molecule has 1 aromatic carbocycles. The molecule has 3 rings (SSSR count). The number of nitrogens with zero attached hydrogens (tertiary/aromatic N) is 2. The standard InChI is InChI=1S/C15H15BrN2O2S/c16-14-6-3-11(8-15(14)18(19)20)9-17(12-4-5-12)10-13-2-1-7-21-13/h1-3,6-8,12H,4-5,9-10H2. The molecule has 2 aromatic rings. The molecule has 1 aliphatic rings.